The molecule has 24 heavy (non-hydrogen) atoms. The molecule has 11 nitrogen and oxygen atoms in total. The maximum atomic E-state index is 12.5. The minimum atomic E-state index is -3.53. The zero-order valence-corrected chi connectivity index (χ0v) is 13.5. The van der Waals surface area contributed by atoms with Crippen LogP contribution in [0.3, 0.4) is 0 Å². The van der Waals surface area contributed by atoms with Crippen LogP contribution in [0.25, 0.3) is 0 Å². The minimum absolute atomic E-state index is 0.552. The van der Waals surface area contributed by atoms with Crippen molar-refractivity contribution in [2.24, 2.45) is 0 Å². The van der Waals surface area contributed by atoms with Gasteiger partial charge in [-0.25, -0.2) is 4.39 Å². The van der Waals surface area contributed by atoms with Crippen LogP contribution in [0.1, 0.15) is 27.7 Å². The molecule has 0 aliphatic carbocycles. The SMILES string of the molecule is CC(=O)O.CC(=O)O.CC(=O)O.C[C@H](O)[C@@H](O)[C@@H](O)[C@@](O)(F)C=O. The fourth-order valence-electron chi connectivity index (χ4n) is 0.573. The standard InChI is InChI=1S/C6H11FO5.3C2H4O2/c1-3(9)4(10)5(11)6(7,12)2-8;3*1-2(3)4/h2-5,9-12H,1H3;3*1H3,(H,3,4)/t3-,4+,5+,6+;;;/m0.../s1. The molecule has 7 N–H and O–H groups in total. The molecule has 0 amide bonds. The molecule has 12 heteroatoms. The van der Waals surface area contributed by atoms with Crippen LogP contribution in [-0.2, 0) is 19.2 Å². The van der Waals surface area contributed by atoms with Crippen molar-refractivity contribution < 1.29 is 59.3 Å². The van der Waals surface area contributed by atoms with Gasteiger partial charge < -0.3 is 35.7 Å². The number of rotatable bonds is 4. The molecule has 0 unspecified atom stereocenters. The number of aldehydes is 1. The van der Waals surface area contributed by atoms with E-state index in [0.717, 1.165) is 27.7 Å². The Morgan fingerprint density at radius 2 is 1.12 bits per heavy atom. The van der Waals surface area contributed by atoms with Gasteiger partial charge in [0.25, 0.3) is 23.8 Å². The van der Waals surface area contributed by atoms with E-state index in [4.69, 9.17) is 50.1 Å². The highest BCUT2D eigenvalue weighted by molar-refractivity contribution is 5.63. The van der Waals surface area contributed by atoms with Crippen LogP contribution in [0, 0.1) is 0 Å². The Hall–Kier alpha value is -2.15. The van der Waals surface area contributed by atoms with Crippen LogP contribution in [-0.4, -0.2) is 84.1 Å². The quantitative estimate of drug-likeness (QED) is 0.278. The monoisotopic (exact) mass is 362 g/mol. The fourth-order valence-corrected chi connectivity index (χ4v) is 0.573. The molecule has 0 heterocycles. The molecule has 4 atom stereocenters. The van der Waals surface area contributed by atoms with Crippen molar-refractivity contribution in [3.05, 3.63) is 0 Å². The van der Waals surface area contributed by atoms with E-state index in [1.807, 2.05) is 0 Å². The highest BCUT2D eigenvalue weighted by Crippen LogP contribution is 2.14. The maximum Gasteiger partial charge on any atom is 0.300 e. The number of carboxylic acids is 3. The van der Waals surface area contributed by atoms with Gasteiger partial charge in [-0.1, -0.05) is 0 Å². The molecule has 0 aliphatic rings. The number of aliphatic hydroxyl groups excluding tert-OH is 3. The summed E-state index contributed by atoms with van der Waals surface area (Å²) < 4.78 is 12.5. The summed E-state index contributed by atoms with van der Waals surface area (Å²) in [5, 5.41) is 56.9. The smallest absolute Gasteiger partial charge is 0.300 e. The summed E-state index contributed by atoms with van der Waals surface area (Å²) in [7, 11) is 0. The van der Waals surface area contributed by atoms with Gasteiger partial charge in [-0.2, -0.15) is 0 Å². The van der Waals surface area contributed by atoms with Crippen LogP contribution < -0.4 is 0 Å². The average Bonchev–Trinajstić information content (AvgIpc) is 2.34. The fraction of sp³-hybridized carbons (Fsp3) is 0.667. The molecule has 0 saturated carbocycles. The molecular weight excluding hydrogens is 339 g/mol. The van der Waals surface area contributed by atoms with Gasteiger partial charge in [-0.05, 0) is 6.92 Å². The number of carbonyl (C=O) groups excluding carboxylic acids is 1. The zero-order valence-electron chi connectivity index (χ0n) is 13.5. The van der Waals surface area contributed by atoms with Crippen molar-refractivity contribution in [2.75, 3.05) is 0 Å². The lowest BCUT2D eigenvalue weighted by Crippen LogP contribution is -2.50. The number of carbonyl (C=O) groups is 4. The van der Waals surface area contributed by atoms with Crippen molar-refractivity contribution in [2.45, 2.75) is 51.9 Å². The molecule has 0 radical (unpaired) electrons. The number of halogens is 1. The van der Waals surface area contributed by atoms with Crippen LogP contribution in [0.2, 0.25) is 0 Å². The van der Waals surface area contributed by atoms with Crippen LogP contribution in [0.5, 0.6) is 0 Å². The van der Waals surface area contributed by atoms with E-state index in [0.29, 0.717) is 0 Å². The van der Waals surface area contributed by atoms with Gasteiger partial charge in [0.2, 0.25) is 0 Å². The third-order valence-corrected chi connectivity index (χ3v) is 1.40. The van der Waals surface area contributed by atoms with Crippen molar-refractivity contribution >= 4 is 24.2 Å². The number of carboxylic acid groups (broad SMARTS) is 3. The topological polar surface area (TPSA) is 210 Å². The number of aliphatic hydroxyl groups is 4. The minimum Gasteiger partial charge on any atom is -0.481 e. The third-order valence-electron chi connectivity index (χ3n) is 1.40. The summed E-state index contributed by atoms with van der Waals surface area (Å²) in [6.07, 6.45) is -6.26. The molecule has 0 aromatic carbocycles. The van der Waals surface area contributed by atoms with Gasteiger partial charge >= 0.3 is 0 Å². The van der Waals surface area contributed by atoms with E-state index in [1.165, 1.54) is 0 Å². The first-order valence-corrected chi connectivity index (χ1v) is 6.03. The van der Waals surface area contributed by atoms with Crippen molar-refractivity contribution in [1.82, 2.24) is 0 Å². The lowest BCUT2D eigenvalue weighted by molar-refractivity contribution is -0.201. The second-order valence-electron chi connectivity index (χ2n) is 4.08. The Kier molecular flexibility index (Phi) is 19.5. The van der Waals surface area contributed by atoms with Crippen LogP contribution in [0.15, 0.2) is 0 Å². The highest BCUT2D eigenvalue weighted by Gasteiger charge is 2.41. The normalized spacial score (nSPS) is 15.0. The van der Waals surface area contributed by atoms with E-state index in [2.05, 4.69) is 0 Å². The number of hydrogen-bond acceptors (Lipinski definition) is 8. The summed E-state index contributed by atoms with van der Waals surface area (Å²) >= 11 is 0. The summed E-state index contributed by atoms with van der Waals surface area (Å²) in [6.45, 7) is 4.33. The predicted octanol–water partition coefficient (Wildman–Crippen LogP) is -1.78. The Morgan fingerprint density at radius 1 is 0.917 bits per heavy atom. The lowest BCUT2D eigenvalue weighted by Gasteiger charge is -2.25. The lowest BCUT2D eigenvalue weighted by atomic mass is 10.0. The van der Waals surface area contributed by atoms with Gasteiger partial charge in [0, 0.05) is 20.8 Å². The number of aliphatic carboxylic acids is 3. The summed E-state index contributed by atoms with van der Waals surface area (Å²) in [6, 6.07) is 0. The Morgan fingerprint density at radius 3 is 1.25 bits per heavy atom. The Balaban J connectivity index is -0.000000137. The van der Waals surface area contributed by atoms with E-state index in [9.17, 15) is 9.18 Å². The maximum absolute atomic E-state index is 12.5. The predicted molar refractivity (Wildman–Crippen MR) is 75.7 cm³/mol. The summed E-state index contributed by atoms with van der Waals surface area (Å²) in [5.41, 5.74) is 0. The molecule has 0 rings (SSSR count). The molecule has 0 aromatic heterocycles. The number of hydrogen-bond donors (Lipinski definition) is 7. The second-order valence-corrected chi connectivity index (χ2v) is 4.08. The first-order valence-electron chi connectivity index (χ1n) is 6.03. The van der Waals surface area contributed by atoms with Crippen molar-refractivity contribution in [1.29, 1.82) is 0 Å². The van der Waals surface area contributed by atoms with Gasteiger partial charge in [-0.15, -0.1) is 0 Å². The molecule has 0 saturated heterocycles. The second kappa shape index (κ2) is 15.7. The van der Waals surface area contributed by atoms with E-state index in [1.54, 1.807) is 0 Å². The largest absolute Gasteiger partial charge is 0.481 e. The summed E-state index contributed by atoms with van der Waals surface area (Å²) in [4.78, 5) is 36.8. The Bertz CT molecular complexity index is 341. The molecule has 0 aliphatic heterocycles. The van der Waals surface area contributed by atoms with E-state index < -0.39 is 48.4 Å². The first-order chi connectivity index (χ1) is 10.5. The van der Waals surface area contributed by atoms with Crippen molar-refractivity contribution in [3.8, 4) is 0 Å². The average molecular weight is 362 g/mol. The van der Waals surface area contributed by atoms with Gasteiger partial charge in [-0.3, -0.25) is 19.2 Å². The molecule has 0 bridgehead atoms. The summed E-state index contributed by atoms with van der Waals surface area (Å²) in [5.74, 6) is -6.03. The van der Waals surface area contributed by atoms with Gasteiger partial charge in [0.15, 0.2) is 6.29 Å². The first kappa shape index (κ1) is 29.8. The molecule has 0 fully saturated rings. The zero-order chi connectivity index (χ0) is 20.7. The highest BCUT2D eigenvalue weighted by atomic mass is 19.2. The molecule has 144 valence electrons. The Labute approximate surface area is 136 Å². The van der Waals surface area contributed by atoms with Crippen LogP contribution >= 0.6 is 0 Å². The van der Waals surface area contributed by atoms with E-state index >= 15 is 0 Å². The molecular formula is C12H23FO11. The molecule has 0 spiro atoms. The van der Waals surface area contributed by atoms with Gasteiger partial charge in [0.1, 0.15) is 12.2 Å². The molecule has 0 aromatic rings. The van der Waals surface area contributed by atoms with Crippen LogP contribution in [0.4, 0.5) is 4.39 Å². The van der Waals surface area contributed by atoms with Crippen molar-refractivity contribution in [3.63, 3.8) is 0 Å². The number of alkyl halides is 1. The van der Waals surface area contributed by atoms with Gasteiger partial charge in [0.05, 0.1) is 6.10 Å². The van der Waals surface area contributed by atoms with E-state index in [-0.39, 0.29) is 0 Å². The third kappa shape index (κ3) is 32.0.